The summed E-state index contributed by atoms with van der Waals surface area (Å²) >= 11 is 1.21. The summed E-state index contributed by atoms with van der Waals surface area (Å²) in [6.07, 6.45) is 1.14. The zero-order chi connectivity index (χ0) is 10.8. The second-order valence-corrected chi connectivity index (χ2v) is 5.89. The van der Waals surface area contributed by atoms with Crippen molar-refractivity contribution in [1.29, 1.82) is 0 Å². The van der Waals surface area contributed by atoms with Crippen molar-refractivity contribution in [2.45, 2.75) is 12.7 Å². The first-order valence-electron chi connectivity index (χ1n) is 3.76. The molecule has 1 heterocycles. The van der Waals surface area contributed by atoms with E-state index in [1.165, 1.54) is 18.3 Å². The molecule has 0 aliphatic heterocycles. The van der Waals surface area contributed by atoms with Crippen LogP contribution in [0, 0.1) is 0 Å². The average molecular weight is 234 g/mol. The Kier molecular flexibility index (Phi) is 3.22. The van der Waals surface area contributed by atoms with E-state index in [1.54, 1.807) is 5.38 Å². The third-order valence-corrected chi connectivity index (χ3v) is 2.87. The van der Waals surface area contributed by atoms with Crippen LogP contribution >= 0.6 is 11.3 Å². The number of carbonyl (C=O) groups is 1. The van der Waals surface area contributed by atoms with Crippen molar-refractivity contribution in [1.82, 2.24) is 4.98 Å². The summed E-state index contributed by atoms with van der Waals surface area (Å²) in [5.41, 5.74) is 0.459. The Labute approximate surface area is 86.1 Å². The SMILES string of the molecule is CC(=O)Nc1nc(CS(C)(=O)=O)cs1. The molecular weight excluding hydrogens is 224 g/mol. The zero-order valence-electron chi connectivity index (χ0n) is 7.77. The number of nitrogens with zero attached hydrogens (tertiary/aromatic N) is 1. The molecule has 0 bridgehead atoms. The maximum atomic E-state index is 10.9. The number of nitrogens with one attached hydrogen (secondary N) is 1. The lowest BCUT2D eigenvalue weighted by Gasteiger charge is -1.94. The van der Waals surface area contributed by atoms with Crippen molar-refractivity contribution in [2.24, 2.45) is 0 Å². The minimum absolute atomic E-state index is 0.0942. The normalized spacial score (nSPS) is 11.3. The smallest absolute Gasteiger partial charge is 0.223 e. The molecule has 0 aromatic carbocycles. The highest BCUT2D eigenvalue weighted by atomic mass is 32.2. The molecule has 5 nitrogen and oxygen atoms in total. The van der Waals surface area contributed by atoms with Crippen molar-refractivity contribution < 1.29 is 13.2 Å². The molecule has 0 radical (unpaired) electrons. The lowest BCUT2D eigenvalue weighted by molar-refractivity contribution is -0.114. The van der Waals surface area contributed by atoms with Crippen molar-refractivity contribution in [3.63, 3.8) is 0 Å². The molecular formula is C7H10N2O3S2. The summed E-state index contributed by atoms with van der Waals surface area (Å²) in [4.78, 5) is 14.6. The van der Waals surface area contributed by atoms with Gasteiger partial charge in [0.05, 0.1) is 11.4 Å². The first kappa shape index (κ1) is 11.1. The number of sulfone groups is 1. The topological polar surface area (TPSA) is 76.1 Å². The molecule has 78 valence electrons. The monoisotopic (exact) mass is 234 g/mol. The van der Waals surface area contributed by atoms with Gasteiger partial charge in [-0.3, -0.25) is 4.79 Å². The maximum absolute atomic E-state index is 10.9. The Morgan fingerprint density at radius 1 is 1.64 bits per heavy atom. The molecule has 0 spiro atoms. The van der Waals surface area contributed by atoms with Gasteiger partial charge in [0.2, 0.25) is 5.91 Å². The van der Waals surface area contributed by atoms with Crippen LogP contribution in [0.2, 0.25) is 0 Å². The number of carbonyl (C=O) groups excluding carboxylic acids is 1. The number of aromatic nitrogens is 1. The van der Waals surface area contributed by atoms with Crippen LogP contribution in [0.5, 0.6) is 0 Å². The molecule has 14 heavy (non-hydrogen) atoms. The van der Waals surface area contributed by atoms with Crippen LogP contribution in [0.15, 0.2) is 5.38 Å². The molecule has 0 unspecified atom stereocenters. The molecule has 0 saturated carbocycles. The number of thiazole rings is 1. The van der Waals surface area contributed by atoms with Crippen LogP contribution in [-0.4, -0.2) is 25.6 Å². The minimum atomic E-state index is -3.06. The summed E-state index contributed by atoms with van der Waals surface area (Å²) in [6.45, 7) is 1.37. The van der Waals surface area contributed by atoms with Crippen LogP contribution in [0.25, 0.3) is 0 Å². The zero-order valence-corrected chi connectivity index (χ0v) is 9.41. The molecule has 0 atom stereocenters. The van der Waals surface area contributed by atoms with E-state index in [0.717, 1.165) is 6.26 Å². The highest BCUT2D eigenvalue weighted by molar-refractivity contribution is 7.89. The second-order valence-electron chi connectivity index (χ2n) is 2.90. The van der Waals surface area contributed by atoms with Crippen LogP contribution in [0.4, 0.5) is 5.13 Å². The van der Waals surface area contributed by atoms with E-state index in [4.69, 9.17) is 0 Å². The molecule has 1 aromatic rings. The number of hydrogen-bond donors (Lipinski definition) is 1. The van der Waals surface area contributed by atoms with Gasteiger partial charge in [0.1, 0.15) is 0 Å². The molecule has 0 saturated heterocycles. The standard InChI is InChI=1S/C7H10N2O3S2/c1-5(10)8-7-9-6(3-13-7)4-14(2,11)12/h3H,4H2,1-2H3,(H,8,9,10). The fourth-order valence-corrected chi connectivity index (χ4v) is 2.40. The Bertz CT molecular complexity index is 436. The number of rotatable bonds is 3. The largest absolute Gasteiger partial charge is 0.302 e. The van der Waals surface area contributed by atoms with E-state index in [0.29, 0.717) is 10.8 Å². The molecule has 1 aromatic heterocycles. The Hall–Kier alpha value is -0.950. The van der Waals surface area contributed by atoms with E-state index >= 15 is 0 Å². The summed E-state index contributed by atoms with van der Waals surface area (Å²) in [6, 6.07) is 0. The number of anilines is 1. The van der Waals surface area contributed by atoms with E-state index in [1.807, 2.05) is 0 Å². The molecule has 0 aliphatic rings. The Morgan fingerprint density at radius 3 is 2.79 bits per heavy atom. The lowest BCUT2D eigenvalue weighted by Crippen LogP contribution is -2.06. The van der Waals surface area contributed by atoms with Gasteiger partial charge in [0.25, 0.3) is 0 Å². The van der Waals surface area contributed by atoms with Crippen molar-refractivity contribution >= 4 is 32.2 Å². The van der Waals surface area contributed by atoms with E-state index in [9.17, 15) is 13.2 Å². The third kappa shape index (κ3) is 3.84. The molecule has 0 aliphatic carbocycles. The summed E-state index contributed by atoms with van der Waals surface area (Å²) in [7, 11) is -3.06. The molecule has 1 rings (SSSR count). The van der Waals surface area contributed by atoms with Gasteiger partial charge in [0, 0.05) is 18.6 Å². The van der Waals surface area contributed by atoms with Crippen molar-refractivity contribution in [2.75, 3.05) is 11.6 Å². The van der Waals surface area contributed by atoms with E-state index in [2.05, 4.69) is 10.3 Å². The third-order valence-electron chi connectivity index (χ3n) is 1.24. The maximum Gasteiger partial charge on any atom is 0.223 e. The van der Waals surface area contributed by atoms with Crippen LogP contribution in [0.1, 0.15) is 12.6 Å². The minimum Gasteiger partial charge on any atom is -0.302 e. The molecule has 0 fully saturated rings. The van der Waals surface area contributed by atoms with Crippen LogP contribution in [0.3, 0.4) is 0 Å². The molecule has 1 amide bonds. The van der Waals surface area contributed by atoms with Crippen LogP contribution in [-0.2, 0) is 20.4 Å². The summed E-state index contributed by atoms with van der Waals surface area (Å²) in [5.74, 6) is -0.312. The Morgan fingerprint density at radius 2 is 2.29 bits per heavy atom. The first-order valence-corrected chi connectivity index (χ1v) is 6.70. The van der Waals surface area contributed by atoms with Crippen LogP contribution < -0.4 is 5.32 Å². The van der Waals surface area contributed by atoms with E-state index < -0.39 is 9.84 Å². The summed E-state index contributed by atoms with van der Waals surface area (Å²) < 4.78 is 21.8. The van der Waals surface area contributed by atoms with Gasteiger partial charge >= 0.3 is 0 Å². The van der Waals surface area contributed by atoms with Gasteiger partial charge in [-0.15, -0.1) is 11.3 Å². The quantitative estimate of drug-likeness (QED) is 0.833. The van der Waals surface area contributed by atoms with Gasteiger partial charge in [-0.25, -0.2) is 13.4 Å². The highest BCUT2D eigenvalue weighted by Gasteiger charge is 2.08. The van der Waals surface area contributed by atoms with Gasteiger partial charge < -0.3 is 5.32 Å². The predicted molar refractivity (Wildman–Crippen MR) is 55.0 cm³/mol. The van der Waals surface area contributed by atoms with Gasteiger partial charge in [-0.2, -0.15) is 0 Å². The highest BCUT2D eigenvalue weighted by Crippen LogP contribution is 2.16. The van der Waals surface area contributed by atoms with Crippen molar-refractivity contribution in [3.8, 4) is 0 Å². The summed E-state index contributed by atoms with van der Waals surface area (Å²) in [5, 5.41) is 4.53. The Balaban J connectivity index is 2.74. The molecule has 7 heteroatoms. The lowest BCUT2D eigenvalue weighted by atomic mass is 10.6. The average Bonchev–Trinajstić information content (AvgIpc) is 2.30. The van der Waals surface area contributed by atoms with Gasteiger partial charge in [0.15, 0.2) is 15.0 Å². The van der Waals surface area contributed by atoms with Gasteiger partial charge in [-0.05, 0) is 0 Å². The fourth-order valence-electron chi connectivity index (χ4n) is 0.850. The first-order chi connectivity index (χ1) is 6.37. The second kappa shape index (κ2) is 4.05. The predicted octanol–water partition coefficient (Wildman–Crippen LogP) is 0.646. The van der Waals surface area contributed by atoms with Crippen molar-refractivity contribution in [3.05, 3.63) is 11.1 Å². The van der Waals surface area contributed by atoms with Gasteiger partial charge in [-0.1, -0.05) is 0 Å². The fraction of sp³-hybridized carbons (Fsp3) is 0.429. The number of hydrogen-bond acceptors (Lipinski definition) is 5. The number of amides is 1. The molecule has 1 N–H and O–H groups in total. The van der Waals surface area contributed by atoms with E-state index in [-0.39, 0.29) is 11.7 Å².